The molecule has 112 valence electrons. The number of halogens is 3. The van der Waals surface area contributed by atoms with Crippen molar-refractivity contribution in [2.75, 3.05) is 25.0 Å². The Hall–Kier alpha value is -1.23. The summed E-state index contributed by atoms with van der Waals surface area (Å²) in [5.41, 5.74) is 0.0474. The third kappa shape index (κ3) is 3.88. The van der Waals surface area contributed by atoms with Crippen molar-refractivity contribution in [3.63, 3.8) is 0 Å². The maximum absolute atomic E-state index is 13.6. The number of piperidine rings is 1. The monoisotopic (exact) mass is 286 g/mol. The fourth-order valence-electron chi connectivity index (χ4n) is 2.63. The van der Waals surface area contributed by atoms with Crippen molar-refractivity contribution in [3.8, 4) is 0 Å². The molecule has 0 saturated carbocycles. The quantitative estimate of drug-likeness (QED) is 0.850. The Morgan fingerprint density at radius 1 is 1.10 bits per heavy atom. The van der Waals surface area contributed by atoms with Gasteiger partial charge in [-0.15, -0.1) is 0 Å². The first kappa shape index (κ1) is 15.2. The van der Waals surface area contributed by atoms with E-state index in [0.29, 0.717) is 12.0 Å². The highest BCUT2D eigenvalue weighted by molar-refractivity contribution is 5.46. The number of rotatable bonds is 4. The lowest BCUT2D eigenvalue weighted by Gasteiger charge is -2.33. The lowest BCUT2D eigenvalue weighted by molar-refractivity contribution is 0.198. The summed E-state index contributed by atoms with van der Waals surface area (Å²) in [7, 11) is 0. The maximum Gasteiger partial charge on any atom is 0.161 e. The number of likely N-dealkylation sites (tertiary alicyclic amines) is 1. The van der Waals surface area contributed by atoms with E-state index in [1.54, 1.807) is 0 Å². The summed E-state index contributed by atoms with van der Waals surface area (Å²) in [5, 5.41) is 2.98. The maximum atomic E-state index is 13.6. The van der Waals surface area contributed by atoms with Crippen LogP contribution in [0.15, 0.2) is 12.1 Å². The van der Waals surface area contributed by atoms with Gasteiger partial charge in [0.15, 0.2) is 11.6 Å². The van der Waals surface area contributed by atoms with Gasteiger partial charge < -0.3 is 10.2 Å². The molecule has 1 N–H and O–H groups in total. The zero-order valence-electron chi connectivity index (χ0n) is 11.9. The van der Waals surface area contributed by atoms with Gasteiger partial charge in [0.1, 0.15) is 5.82 Å². The molecule has 5 heteroatoms. The molecule has 20 heavy (non-hydrogen) atoms. The van der Waals surface area contributed by atoms with Crippen LogP contribution in [0, 0.1) is 23.4 Å². The number of nitrogens with zero attached hydrogens (tertiary/aromatic N) is 1. The molecule has 2 rings (SSSR count). The van der Waals surface area contributed by atoms with Crippen molar-refractivity contribution >= 4 is 5.69 Å². The van der Waals surface area contributed by atoms with Crippen LogP contribution >= 0.6 is 0 Å². The Morgan fingerprint density at radius 2 is 1.70 bits per heavy atom. The second kappa shape index (κ2) is 6.48. The van der Waals surface area contributed by atoms with Crippen molar-refractivity contribution < 1.29 is 13.2 Å². The third-order valence-corrected chi connectivity index (χ3v) is 3.58. The molecule has 0 spiro atoms. The predicted molar refractivity (Wildman–Crippen MR) is 74.2 cm³/mol. The van der Waals surface area contributed by atoms with Gasteiger partial charge >= 0.3 is 0 Å². The molecule has 1 saturated heterocycles. The van der Waals surface area contributed by atoms with E-state index in [0.717, 1.165) is 38.5 Å². The predicted octanol–water partition coefficient (Wildman–Crippen LogP) is 3.64. The van der Waals surface area contributed by atoms with Gasteiger partial charge in [-0.2, -0.15) is 0 Å². The molecule has 0 aromatic heterocycles. The summed E-state index contributed by atoms with van der Waals surface area (Å²) in [6.07, 6.45) is 1.76. The SMILES string of the molecule is CC(C)CN1CCC(Nc2cc(F)c(F)cc2F)CC1. The molecule has 0 bridgehead atoms. The minimum atomic E-state index is -1.15. The first-order valence-electron chi connectivity index (χ1n) is 7.09. The lowest BCUT2D eigenvalue weighted by Crippen LogP contribution is -2.40. The van der Waals surface area contributed by atoms with Crippen LogP contribution in [0.2, 0.25) is 0 Å². The van der Waals surface area contributed by atoms with E-state index < -0.39 is 17.5 Å². The summed E-state index contributed by atoms with van der Waals surface area (Å²) in [6, 6.07) is 1.59. The van der Waals surface area contributed by atoms with Crippen molar-refractivity contribution in [1.82, 2.24) is 4.90 Å². The largest absolute Gasteiger partial charge is 0.380 e. The number of anilines is 1. The minimum Gasteiger partial charge on any atom is -0.380 e. The molecular weight excluding hydrogens is 265 g/mol. The standard InChI is InChI=1S/C15H21F3N2/c1-10(2)9-20-5-3-11(4-6-20)19-15-8-13(17)12(16)7-14(15)18/h7-8,10-11,19H,3-6,9H2,1-2H3. The minimum absolute atomic E-state index is 0.0474. The van der Waals surface area contributed by atoms with Crippen LogP contribution in [-0.4, -0.2) is 30.6 Å². The molecule has 1 heterocycles. The van der Waals surface area contributed by atoms with Gasteiger partial charge in [-0.1, -0.05) is 13.8 Å². The van der Waals surface area contributed by atoms with Crippen molar-refractivity contribution in [1.29, 1.82) is 0 Å². The molecule has 0 amide bonds. The molecular formula is C15H21F3N2. The van der Waals surface area contributed by atoms with E-state index in [1.165, 1.54) is 0 Å². The molecule has 1 aromatic carbocycles. The smallest absolute Gasteiger partial charge is 0.161 e. The van der Waals surface area contributed by atoms with Crippen molar-refractivity contribution in [2.45, 2.75) is 32.7 Å². The van der Waals surface area contributed by atoms with E-state index in [-0.39, 0.29) is 11.7 Å². The topological polar surface area (TPSA) is 15.3 Å². The highest BCUT2D eigenvalue weighted by atomic mass is 19.2. The van der Waals surface area contributed by atoms with Crippen molar-refractivity contribution in [3.05, 3.63) is 29.6 Å². The molecule has 2 nitrogen and oxygen atoms in total. The van der Waals surface area contributed by atoms with Crippen LogP contribution in [0.3, 0.4) is 0 Å². The van der Waals surface area contributed by atoms with Gasteiger partial charge in [0.25, 0.3) is 0 Å². The Bertz CT molecular complexity index is 455. The average Bonchev–Trinajstić information content (AvgIpc) is 2.37. The van der Waals surface area contributed by atoms with Gasteiger partial charge in [0, 0.05) is 37.8 Å². The van der Waals surface area contributed by atoms with E-state index >= 15 is 0 Å². The summed E-state index contributed by atoms with van der Waals surface area (Å²) in [4.78, 5) is 2.38. The van der Waals surface area contributed by atoms with Gasteiger partial charge in [0.2, 0.25) is 0 Å². The molecule has 0 aliphatic carbocycles. The molecule has 1 aliphatic heterocycles. The average molecular weight is 286 g/mol. The van der Waals surface area contributed by atoms with Crippen LogP contribution < -0.4 is 5.32 Å². The van der Waals surface area contributed by atoms with Gasteiger partial charge in [-0.3, -0.25) is 0 Å². The normalized spacial score (nSPS) is 17.7. The van der Waals surface area contributed by atoms with Gasteiger partial charge in [-0.05, 0) is 18.8 Å². The molecule has 0 radical (unpaired) electrons. The summed E-state index contributed by atoms with van der Waals surface area (Å²) >= 11 is 0. The van der Waals surface area contributed by atoms with E-state index in [4.69, 9.17) is 0 Å². The Kier molecular flexibility index (Phi) is 4.91. The zero-order chi connectivity index (χ0) is 14.7. The summed E-state index contributed by atoms with van der Waals surface area (Å²) in [5.74, 6) is -2.29. The second-order valence-electron chi connectivity index (χ2n) is 5.86. The zero-order valence-corrected chi connectivity index (χ0v) is 11.9. The number of hydrogen-bond donors (Lipinski definition) is 1. The van der Waals surface area contributed by atoms with Crippen LogP contribution in [0.1, 0.15) is 26.7 Å². The molecule has 0 unspecified atom stereocenters. The molecule has 1 aliphatic rings. The van der Waals surface area contributed by atoms with E-state index in [2.05, 4.69) is 24.1 Å². The number of nitrogens with one attached hydrogen (secondary N) is 1. The number of benzene rings is 1. The fourth-order valence-corrected chi connectivity index (χ4v) is 2.63. The van der Waals surface area contributed by atoms with Crippen LogP contribution in [0.5, 0.6) is 0 Å². The third-order valence-electron chi connectivity index (χ3n) is 3.58. The van der Waals surface area contributed by atoms with Gasteiger partial charge in [0.05, 0.1) is 5.69 Å². The molecule has 1 aromatic rings. The first-order chi connectivity index (χ1) is 9.45. The van der Waals surface area contributed by atoms with Crippen LogP contribution in [0.25, 0.3) is 0 Å². The fraction of sp³-hybridized carbons (Fsp3) is 0.600. The second-order valence-corrected chi connectivity index (χ2v) is 5.86. The first-order valence-corrected chi connectivity index (χ1v) is 7.09. The highest BCUT2D eigenvalue weighted by Crippen LogP contribution is 2.22. The number of hydrogen-bond acceptors (Lipinski definition) is 2. The Morgan fingerprint density at radius 3 is 2.30 bits per heavy atom. The molecule has 0 atom stereocenters. The van der Waals surface area contributed by atoms with Crippen LogP contribution in [0.4, 0.5) is 18.9 Å². The Labute approximate surface area is 118 Å². The molecule has 1 fully saturated rings. The van der Waals surface area contributed by atoms with Gasteiger partial charge in [-0.25, -0.2) is 13.2 Å². The highest BCUT2D eigenvalue weighted by Gasteiger charge is 2.21. The van der Waals surface area contributed by atoms with Crippen LogP contribution in [-0.2, 0) is 0 Å². The summed E-state index contributed by atoms with van der Waals surface area (Å²) in [6.45, 7) is 7.32. The Balaban J connectivity index is 1.91. The van der Waals surface area contributed by atoms with E-state index in [1.807, 2.05) is 0 Å². The van der Waals surface area contributed by atoms with Crippen molar-refractivity contribution in [2.24, 2.45) is 5.92 Å². The lowest BCUT2D eigenvalue weighted by atomic mass is 10.0. The summed E-state index contributed by atoms with van der Waals surface area (Å²) < 4.78 is 39.5. The van der Waals surface area contributed by atoms with E-state index in [9.17, 15) is 13.2 Å².